The zero-order chi connectivity index (χ0) is 14.9. The van der Waals surface area contributed by atoms with Crippen molar-refractivity contribution in [3.8, 4) is 11.5 Å². The van der Waals surface area contributed by atoms with E-state index in [9.17, 15) is 0 Å². The van der Waals surface area contributed by atoms with E-state index in [-0.39, 0.29) is 0 Å². The summed E-state index contributed by atoms with van der Waals surface area (Å²) < 4.78 is 11.7. The van der Waals surface area contributed by atoms with Crippen molar-refractivity contribution in [3.63, 3.8) is 0 Å². The maximum atomic E-state index is 6.02. The molecule has 118 valence electrons. The summed E-state index contributed by atoms with van der Waals surface area (Å²) in [6, 6.07) is 6.22. The van der Waals surface area contributed by atoms with Crippen LogP contribution in [0.2, 0.25) is 0 Å². The molecule has 3 heteroatoms. The zero-order valence-corrected chi connectivity index (χ0v) is 13.5. The van der Waals surface area contributed by atoms with Gasteiger partial charge in [0.15, 0.2) is 0 Å². The molecular formula is C18H29NO2. The van der Waals surface area contributed by atoms with Gasteiger partial charge < -0.3 is 14.8 Å². The monoisotopic (exact) mass is 291 g/mol. The minimum absolute atomic E-state index is 0.759. The molecule has 0 unspecified atom stereocenters. The van der Waals surface area contributed by atoms with Gasteiger partial charge in [0.2, 0.25) is 0 Å². The van der Waals surface area contributed by atoms with Gasteiger partial charge in [-0.25, -0.2) is 0 Å². The zero-order valence-electron chi connectivity index (χ0n) is 13.5. The fraction of sp³-hybridized carbons (Fsp3) is 0.667. The molecule has 0 spiro atoms. The summed E-state index contributed by atoms with van der Waals surface area (Å²) in [7, 11) is 0. The summed E-state index contributed by atoms with van der Waals surface area (Å²) in [5.41, 5.74) is 1.23. The lowest BCUT2D eigenvalue weighted by Crippen LogP contribution is -2.15. The van der Waals surface area contributed by atoms with E-state index in [1.807, 2.05) is 12.1 Å². The van der Waals surface area contributed by atoms with Gasteiger partial charge in [0.1, 0.15) is 11.5 Å². The molecule has 0 amide bonds. The molecule has 21 heavy (non-hydrogen) atoms. The van der Waals surface area contributed by atoms with Crippen molar-refractivity contribution >= 4 is 0 Å². The van der Waals surface area contributed by atoms with Gasteiger partial charge in [-0.15, -0.1) is 0 Å². The van der Waals surface area contributed by atoms with Gasteiger partial charge in [0.25, 0.3) is 0 Å². The molecule has 0 heterocycles. The number of hydrogen-bond acceptors (Lipinski definition) is 3. The normalized spacial score (nSPS) is 14.2. The SMILES string of the molecule is CCCNCc1ccc(OCCC)cc1OCCC1CC1. The molecule has 1 aromatic rings. The smallest absolute Gasteiger partial charge is 0.127 e. The summed E-state index contributed by atoms with van der Waals surface area (Å²) in [6.07, 6.45) is 6.12. The first-order chi connectivity index (χ1) is 10.3. The molecule has 1 aromatic carbocycles. The average Bonchev–Trinajstić information content (AvgIpc) is 3.31. The molecule has 0 saturated heterocycles. The molecule has 0 radical (unpaired) electrons. The van der Waals surface area contributed by atoms with Gasteiger partial charge in [-0.2, -0.15) is 0 Å². The molecular weight excluding hydrogens is 262 g/mol. The molecule has 1 aliphatic carbocycles. The summed E-state index contributed by atoms with van der Waals surface area (Å²) in [5, 5.41) is 3.45. The maximum absolute atomic E-state index is 6.02. The number of nitrogens with one attached hydrogen (secondary N) is 1. The largest absolute Gasteiger partial charge is 0.493 e. The Balaban J connectivity index is 1.94. The Morgan fingerprint density at radius 1 is 1.10 bits per heavy atom. The first-order valence-electron chi connectivity index (χ1n) is 8.42. The highest BCUT2D eigenvalue weighted by atomic mass is 16.5. The van der Waals surface area contributed by atoms with E-state index >= 15 is 0 Å². The first kappa shape index (κ1) is 16.2. The molecule has 1 N–H and O–H groups in total. The Bertz CT molecular complexity index is 416. The second-order valence-corrected chi connectivity index (χ2v) is 5.88. The highest BCUT2D eigenvalue weighted by molar-refractivity contribution is 5.40. The lowest BCUT2D eigenvalue weighted by Gasteiger charge is -2.14. The van der Waals surface area contributed by atoms with Gasteiger partial charge in [-0.3, -0.25) is 0 Å². The van der Waals surface area contributed by atoms with Crippen molar-refractivity contribution in [1.82, 2.24) is 5.32 Å². The molecule has 0 aromatic heterocycles. The third-order valence-corrected chi connectivity index (χ3v) is 3.73. The van der Waals surface area contributed by atoms with Crippen molar-refractivity contribution in [2.24, 2.45) is 5.92 Å². The molecule has 3 nitrogen and oxygen atoms in total. The van der Waals surface area contributed by atoms with E-state index < -0.39 is 0 Å². The predicted octanol–water partition coefficient (Wildman–Crippen LogP) is 4.15. The van der Waals surface area contributed by atoms with E-state index in [4.69, 9.17) is 9.47 Å². The molecule has 1 saturated carbocycles. The quantitative estimate of drug-likeness (QED) is 0.621. The Kier molecular flexibility index (Phi) is 6.87. The minimum atomic E-state index is 0.759. The Hall–Kier alpha value is -1.22. The number of hydrogen-bond donors (Lipinski definition) is 1. The standard InChI is InChI=1S/C18H29NO2/c1-3-10-19-14-16-7-8-17(20-11-4-2)13-18(16)21-12-9-15-5-6-15/h7-8,13,15,19H,3-6,9-12,14H2,1-2H3. The molecule has 2 rings (SSSR count). The van der Waals surface area contributed by atoms with E-state index in [2.05, 4.69) is 25.2 Å². The van der Waals surface area contributed by atoms with Crippen molar-refractivity contribution in [1.29, 1.82) is 0 Å². The van der Waals surface area contributed by atoms with Crippen LogP contribution in [0, 0.1) is 5.92 Å². The van der Waals surface area contributed by atoms with Crippen LogP contribution in [0.4, 0.5) is 0 Å². The second-order valence-electron chi connectivity index (χ2n) is 5.88. The fourth-order valence-electron chi connectivity index (χ4n) is 2.27. The molecule has 1 fully saturated rings. The van der Waals surface area contributed by atoms with Crippen LogP contribution in [0.5, 0.6) is 11.5 Å². The number of rotatable bonds is 11. The average molecular weight is 291 g/mol. The Labute approximate surface area is 129 Å². The third-order valence-electron chi connectivity index (χ3n) is 3.73. The van der Waals surface area contributed by atoms with Crippen LogP contribution < -0.4 is 14.8 Å². The van der Waals surface area contributed by atoms with Gasteiger partial charge >= 0.3 is 0 Å². The van der Waals surface area contributed by atoms with Crippen molar-refractivity contribution in [2.45, 2.75) is 52.5 Å². The van der Waals surface area contributed by atoms with Crippen LogP contribution in [0.25, 0.3) is 0 Å². The third kappa shape index (κ3) is 5.96. The van der Waals surface area contributed by atoms with Crippen LogP contribution in [0.3, 0.4) is 0 Å². The summed E-state index contributed by atoms with van der Waals surface area (Å²) >= 11 is 0. The van der Waals surface area contributed by atoms with Crippen LogP contribution in [0.1, 0.15) is 51.5 Å². The summed E-state index contributed by atoms with van der Waals surface area (Å²) in [6.45, 7) is 7.78. The summed E-state index contributed by atoms with van der Waals surface area (Å²) in [4.78, 5) is 0. The molecule has 0 aliphatic heterocycles. The van der Waals surface area contributed by atoms with Gasteiger partial charge in [0, 0.05) is 18.2 Å². The first-order valence-corrected chi connectivity index (χ1v) is 8.42. The Morgan fingerprint density at radius 2 is 1.95 bits per heavy atom. The van der Waals surface area contributed by atoms with Crippen LogP contribution in [-0.2, 0) is 6.54 Å². The van der Waals surface area contributed by atoms with Crippen LogP contribution in [0.15, 0.2) is 18.2 Å². The molecule has 0 bridgehead atoms. The maximum Gasteiger partial charge on any atom is 0.127 e. The van der Waals surface area contributed by atoms with Gasteiger partial charge in [0.05, 0.1) is 13.2 Å². The number of ether oxygens (including phenoxy) is 2. The van der Waals surface area contributed by atoms with Crippen molar-refractivity contribution < 1.29 is 9.47 Å². The van der Waals surface area contributed by atoms with E-state index in [1.165, 1.54) is 24.8 Å². The highest BCUT2D eigenvalue weighted by Gasteiger charge is 2.21. The predicted molar refractivity (Wildman–Crippen MR) is 87.1 cm³/mol. The number of benzene rings is 1. The van der Waals surface area contributed by atoms with Gasteiger partial charge in [-0.05, 0) is 37.8 Å². The molecule has 0 atom stereocenters. The molecule has 1 aliphatic rings. The fourth-order valence-corrected chi connectivity index (χ4v) is 2.27. The second kappa shape index (κ2) is 8.93. The summed E-state index contributed by atoms with van der Waals surface area (Å²) in [5.74, 6) is 2.80. The minimum Gasteiger partial charge on any atom is -0.493 e. The highest BCUT2D eigenvalue weighted by Crippen LogP contribution is 2.33. The Morgan fingerprint density at radius 3 is 2.67 bits per heavy atom. The van der Waals surface area contributed by atoms with Crippen LogP contribution >= 0.6 is 0 Å². The van der Waals surface area contributed by atoms with E-state index in [0.29, 0.717) is 0 Å². The lowest BCUT2D eigenvalue weighted by molar-refractivity contribution is 0.290. The topological polar surface area (TPSA) is 30.5 Å². The van der Waals surface area contributed by atoms with E-state index in [0.717, 1.165) is 56.6 Å². The van der Waals surface area contributed by atoms with Gasteiger partial charge in [-0.1, -0.05) is 32.8 Å². The lowest BCUT2D eigenvalue weighted by atomic mass is 10.2. The van der Waals surface area contributed by atoms with E-state index in [1.54, 1.807) is 0 Å². The van der Waals surface area contributed by atoms with Crippen LogP contribution in [-0.4, -0.2) is 19.8 Å². The van der Waals surface area contributed by atoms with Crippen molar-refractivity contribution in [3.05, 3.63) is 23.8 Å². The van der Waals surface area contributed by atoms with Crippen molar-refractivity contribution in [2.75, 3.05) is 19.8 Å².